The Morgan fingerprint density at radius 2 is 1.64 bits per heavy atom. The molecule has 170 valence electrons. The van der Waals surface area contributed by atoms with Gasteiger partial charge < -0.3 is 19.7 Å². The molecule has 0 saturated carbocycles. The van der Waals surface area contributed by atoms with Crippen LogP contribution in [0.4, 0.5) is 5.69 Å². The molecule has 1 aliphatic rings. The van der Waals surface area contributed by atoms with Crippen LogP contribution in [-0.4, -0.2) is 49.9 Å². The van der Waals surface area contributed by atoms with Crippen molar-refractivity contribution in [2.75, 3.05) is 32.6 Å². The van der Waals surface area contributed by atoms with Gasteiger partial charge in [0, 0.05) is 35.9 Å². The summed E-state index contributed by atoms with van der Waals surface area (Å²) in [6.07, 6.45) is 1.97. The maximum atomic E-state index is 13.1. The molecule has 1 heterocycles. The summed E-state index contributed by atoms with van der Waals surface area (Å²) >= 11 is 0. The zero-order valence-electron chi connectivity index (χ0n) is 18.9. The van der Waals surface area contributed by atoms with Crippen molar-refractivity contribution in [1.82, 2.24) is 4.90 Å². The lowest BCUT2D eigenvalue weighted by atomic mass is 10.00. The van der Waals surface area contributed by atoms with Crippen LogP contribution in [0.1, 0.15) is 39.1 Å². The highest BCUT2D eigenvalue weighted by Crippen LogP contribution is 2.27. The van der Waals surface area contributed by atoms with Gasteiger partial charge in [-0.2, -0.15) is 0 Å². The van der Waals surface area contributed by atoms with Crippen molar-refractivity contribution in [2.45, 2.75) is 18.9 Å². The molecule has 6 heteroatoms. The second-order valence-electron chi connectivity index (χ2n) is 8.07. The van der Waals surface area contributed by atoms with Gasteiger partial charge in [-0.1, -0.05) is 30.3 Å². The number of anilines is 1. The van der Waals surface area contributed by atoms with Crippen molar-refractivity contribution in [2.24, 2.45) is 0 Å². The molecule has 0 bridgehead atoms. The number of carbonyl (C=O) groups excluding carboxylic acids is 2. The molecule has 1 fully saturated rings. The van der Waals surface area contributed by atoms with Gasteiger partial charge in [-0.15, -0.1) is 0 Å². The third-order valence-electron chi connectivity index (χ3n) is 5.90. The lowest BCUT2D eigenvalue weighted by Crippen LogP contribution is -2.45. The van der Waals surface area contributed by atoms with Gasteiger partial charge in [-0.05, 0) is 55.3 Å². The van der Waals surface area contributed by atoms with Gasteiger partial charge in [0.15, 0.2) is 5.78 Å². The Kier molecular flexibility index (Phi) is 6.93. The number of hydrogen-bond donors (Lipinski definition) is 1. The van der Waals surface area contributed by atoms with E-state index in [1.165, 1.54) is 7.11 Å². The number of benzene rings is 3. The largest absolute Gasteiger partial charge is 0.497 e. The highest BCUT2D eigenvalue weighted by Gasteiger charge is 2.25. The van der Waals surface area contributed by atoms with Crippen molar-refractivity contribution < 1.29 is 19.1 Å². The minimum atomic E-state index is -0.185. The fraction of sp³-hybridized carbons (Fsp3) is 0.259. The number of carbonyl (C=O) groups is 2. The van der Waals surface area contributed by atoms with E-state index in [1.54, 1.807) is 49.6 Å². The van der Waals surface area contributed by atoms with Gasteiger partial charge in [0.1, 0.15) is 11.5 Å². The van der Waals surface area contributed by atoms with E-state index in [1.807, 2.05) is 35.2 Å². The maximum Gasteiger partial charge on any atom is 0.253 e. The molecule has 1 N–H and O–H groups in total. The Bertz CT molecular complexity index is 1110. The number of likely N-dealkylation sites (tertiary alicyclic amines) is 1. The van der Waals surface area contributed by atoms with Gasteiger partial charge in [-0.3, -0.25) is 9.59 Å². The van der Waals surface area contributed by atoms with Crippen LogP contribution in [0.3, 0.4) is 0 Å². The molecule has 1 unspecified atom stereocenters. The van der Waals surface area contributed by atoms with Crippen molar-refractivity contribution >= 4 is 17.4 Å². The van der Waals surface area contributed by atoms with E-state index in [4.69, 9.17) is 9.47 Å². The van der Waals surface area contributed by atoms with Crippen LogP contribution >= 0.6 is 0 Å². The maximum absolute atomic E-state index is 13.1. The van der Waals surface area contributed by atoms with Crippen LogP contribution in [0.15, 0.2) is 72.8 Å². The summed E-state index contributed by atoms with van der Waals surface area (Å²) in [6.45, 7) is 1.38. The molecule has 0 aromatic heterocycles. The molecule has 0 radical (unpaired) electrons. The molecular formula is C27H28N2O4. The molecule has 1 atom stereocenters. The molecule has 6 nitrogen and oxygen atoms in total. The van der Waals surface area contributed by atoms with Gasteiger partial charge in [0.25, 0.3) is 5.91 Å². The van der Waals surface area contributed by atoms with Crippen LogP contribution in [-0.2, 0) is 0 Å². The molecule has 33 heavy (non-hydrogen) atoms. The first-order valence-corrected chi connectivity index (χ1v) is 11.1. The smallest absolute Gasteiger partial charge is 0.253 e. The molecule has 0 spiro atoms. The fourth-order valence-electron chi connectivity index (χ4n) is 4.14. The van der Waals surface area contributed by atoms with E-state index < -0.39 is 0 Å². The van der Waals surface area contributed by atoms with Crippen LogP contribution in [0.25, 0.3) is 0 Å². The number of methoxy groups -OCH3 is 2. The summed E-state index contributed by atoms with van der Waals surface area (Å²) in [5.41, 5.74) is 2.54. The Morgan fingerprint density at radius 3 is 2.33 bits per heavy atom. The molecule has 0 aliphatic carbocycles. The number of ether oxygens (including phenoxy) is 2. The lowest BCUT2D eigenvalue weighted by molar-refractivity contribution is 0.0714. The Labute approximate surface area is 194 Å². The Morgan fingerprint density at radius 1 is 0.909 bits per heavy atom. The average Bonchev–Trinajstić information content (AvgIpc) is 2.88. The first-order chi connectivity index (χ1) is 16.1. The second-order valence-corrected chi connectivity index (χ2v) is 8.07. The van der Waals surface area contributed by atoms with Crippen LogP contribution in [0.2, 0.25) is 0 Å². The monoisotopic (exact) mass is 444 g/mol. The topological polar surface area (TPSA) is 67.9 Å². The lowest BCUT2D eigenvalue weighted by Gasteiger charge is -2.33. The van der Waals surface area contributed by atoms with E-state index in [0.29, 0.717) is 34.7 Å². The third kappa shape index (κ3) is 5.17. The highest BCUT2D eigenvalue weighted by atomic mass is 16.5. The molecule has 3 aromatic rings. The van der Waals surface area contributed by atoms with E-state index in [9.17, 15) is 9.59 Å². The van der Waals surface area contributed by atoms with Gasteiger partial charge in [-0.25, -0.2) is 0 Å². The van der Waals surface area contributed by atoms with Crippen molar-refractivity contribution in [1.29, 1.82) is 0 Å². The second kappa shape index (κ2) is 10.2. The zero-order chi connectivity index (χ0) is 23.2. The summed E-state index contributed by atoms with van der Waals surface area (Å²) in [5, 5.41) is 3.52. The van der Waals surface area contributed by atoms with Crippen LogP contribution in [0, 0.1) is 0 Å². The molecular weight excluding hydrogens is 416 g/mol. The molecule has 3 aromatic carbocycles. The average molecular weight is 445 g/mol. The summed E-state index contributed by atoms with van der Waals surface area (Å²) in [7, 11) is 3.08. The number of nitrogens with zero attached hydrogens (tertiary/aromatic N) is 1. The predicted octanol–water partition coefficient (Wildman–Crippen LogP) is 4.65. The molecule has 1 amide bonds. The SMILES string of the molecule is COc1ccc(OC)c(C(=O)c2ccc(C(=O)N3CCCC(Nc4ccccc4)C3)cc2)c1. The zero-order valence-corrected chi connectivity index (χ0v) is 18.9. The Hall–Kier alpha value is -3.80. The minimum absolute atomic E-state index is 0.0208. The number of para-hydroxylation sites is 1. The molecule has 1 aliphatic heterocycles. The van der Waals surface area contributed by atoms with Crippen LogP contribution in [0.5, 0.6) is 11.5 Å². The summed E-state index contributed by atoms with van der Waals surface area (Å²) in [5.74, 6) is 0.850. The number of nitrogens with one attached hydrogen (secondary N) is 1. The van der Waals surface area contributed by atoms with Crippen molar-refractivity contribution in [3.63, 3.8) is 0 Å². The van der Waals surface area contributed by atoms with Gasteiger partial charge >= 0.3 is 0 Å². The van der Waals surface area contributed by atoms with Gasteiger partial charge in [0.2, 0.25) is 0 Å². The van der Waals surface area contributed by atoms with E-state index in [0.717, 1.165) is 25.1 Å². The predicted molar refractivity (Wildman–Crippen MR) is 128 cm³/mol. The standard InChI is InChI=1S/C27H28N2O4/c1-32-23-14-15-25(33-2)24(17-23)26(30)19-10-12-20(13-11-19)27(31)29-16-6-9-22(18-29)28-21-7-4-3-5-8-21/h3-5,7-8,10-15,17,22,28H,6,9,16,18H2,1-2H3. The van der Waals surface area contributed by atoms with Crippen LogP contribution < -0.4 is 14.8 Å². The molecule has 1 saturated heterocycles. The van der Waals surface area contributed by atoms with Crippen molar-refractivity contribution in [3.05, 3.63) is 89.5 Å². The molecule has 4 rings (SSSR count). The fourth-order valence-corrected chi connectivity index (χ4v) is 4.14. The number of piperidine rings is 1. The van der Waals surface area contributed by atoms with E-state index in [-0.39, 0.29) is 17.7 Å². The quantitative estimate of drug-likeness (QED) is 0.537. The highest BCUT2D eigenvalue weighted by molar-refractivity contribution is 6.11. The first kappa shape index (κ1) is 22.4. The number of hydrogen-bond acceptors (Lipinski definition) is 5. The summed E-state index contributed by atoms with van der Waals surface area (Å²) in [6, 6.07) is 22.2. The van der Waals surface area contributed by atoms with E-state index in [2.05, 4.69) is 5.32 Å². The van der Waals surface area contributed by atoms with Gasteiger partial charge in [0.05, 0.1) is 19.8 Å². The number of rotatable bonds is 7. The summed E-state index contributed by atoms with van der Waals surface area (Å²) in [4.78, 5) is 28.0. The number of ketones is 1. The number of amides is 1. The third-order valence-corrected chi connectivity index (χ3v) is 5.90. The minimum Gasteiger partial charge on any atom is -0.497 e. The Balaban J connectivity index is 1.45. The normalized spacial score (nSPS) is 15.6. The summed E-state index contributed by atoms with van der Waals surface area (Å²) < 4.78 is 10.6. The van der Waals surface area contributed by atoms with Crippen molar-refractivity contribution in [3.8, 4) is 11.5 Å². The first-order valence-electron chi connectivity index (χ1n) is 11.1. The van der Waals surface area contributed by atoms with E-state index >= 15 is 0 Å².